The standard InChI is InChI=1S/C21H12Cl2N4O3S/c22-13-3-2-10(6-14(13)23)25-21-27-16(8-31-21)9-1-4-15-11(5-9)17-12(20(29)30)7-24-18(17)19(28)26-15/h1-8,24H,(H,25,27)(H,26,28)(H,29,30). The van der Waals surface area contributed by atoms with Crippen molar-refractivity contribution in [2.75, 3.05) is 5.32 Å². The summed E-state index contributed by atoms with van der Waals surface area (Å²) in [5.41, 5.74) is 2.70. The molecule has 4 N–H and O–H groups in total. The maximum Gasteiger partial charge on any atom is 0.337 e. The van der Waals surface area contributed by atoms with E-state index in [2.05, 4.69) is 20.3 Å². The number of thiazole rings is 1. The van der Waals surface area contributed by atoms with E-state index in [0.717, 1.165) is 11.3 Å². The second-order valence-electron chi connectivity index (χ2n) is 6.76. The Morgan fingerprint density at radius 3 is 2.74 bits per heavy atom. The number of fused-ring (bicyclic) bond motifs is 3. The molecule has 0 aliphatic carbocycles. The van der Waals surface area contributed by atoms with E-state index in [0.29, 0.717) is 37.2 Å². The zero-order chi connectivity index (χ0) is 21.7. The lowest BCUT2D eigenvalue weighted by atomic mass is 10.0. The number of hydrogen-bond acceptors (Lipinski definition) is 5. The topological polar surface area (TPSA) is 111 Å². The van der Waals surface area contributed by atoms with Crippen LogP contribution in [0.3, 0.4) is 0 Å². The molecule has 0 atom stereocenters. The van der Waals surface area contributed by atoms with E-state index in [-0.39, 0.29) is 16.6 Å². The molecule has 0 aliphatic rings. The fraction of sp³-hybridized carbons (Fsp3) is 0. The van der Waals surface area contributed by atoms with Crippen LogP contribution in [0.5, 0.6) is 0 Å². The normalized spacial score (nSPS) is 11.3. The number of carbonyl (C=O) groups is 1. The van der Waals surface area contributed by atoms with Crippen LogP contribution in [0.25, 0.3) is 33.1 Å². The van der Waals surface area contributed by atoms with Gasteiger partial charge in [-0.2, -0.15) is 0 Å². The van der Waals surface area contributed by atoms with Crippen LogP contribution < -0.4 is 10.9 Å². The Balaban J connectivity index is 1.58. The van der Waals surface area contributed by atoms with Crippen molar-refractivity contribution in [3.05, 3.63) is 73.9 Å². The summed E-state index contributed by atoms with van der Waals surface area (Å²) in [6.07, 6.45) is 1.33. The van der Waals surface area contributed by atoms with Gasteiger partial charge in [-0.15, -0.1) is 11.3 Å². The molecular formula is C21H12Cl2N4O3S. The Morgan fingerprint density at radius 1 is 1.13 bits per heavy atom. The molecule has 0 fully saturated rings. The molecular weight excluding hydrogens is 459 g/mol. The van der Waals surface area contributed by atoms with Crippen molar-refractivity contribution in [2.24, 2.45) is 0 Å². The van der Waals surface area contributed by atoms with Crippen LogP contribution in [0.4, 0.5) is 10.8 Å². The van der Waals surface area contributed by atoms with Crippen LogP contribution >= 0.6 is 34.5 Å². The van der Waals surface area contributed by atoms with E-state index in [1.54, 1.807) is 24.3 Å². The van der Waals surface area contributed by atoms with E-state index in [9.17, 15) is 14.7 Å². The molecule has 3 heterocycles. The number of aromatic nitrogens is 3. The average Bonchev–Trinajstić information content (AvgIpc) is 3.39. The molecule has 0 aliphatic heterocycles. The number of aromatic amines is 2. The van der Waals surface area contributed by atoms with Crippen molar-refractivity contribution in [1.82, 2.24) is 15.0 Å². The molecule has 10 heteroatoms. The summed E-state index contributed by atoms with van der Waals surface area (Å²) in [6, 6.07) is 10.6. The van der Waals surface area contributed by atoms with Crippen LogP contribution in [0.1, 0.15) is 10.4 Å². The fourth-order valence-electron chi connectivity index (χ4n) is 3.42. The summed E-state index contributed by atoms with van der Waals surface area (Å²) in [6.45, 7) is 0. The summed E-state index contributed by atoms with van der Waals surface area (Å²) in [7, 11) is 0. The lowest BCUT2D eigenvalue weighted by Gasteiger charge is -2.05. The first kappa shape index (κ1) is 19.6. The zero-order valence-electron chi connectivity index (χ0n) is 15.5. The number of rotatable bonds is 4. The number of hydrogen-bond donors (Lipinski definition) is 4. The Bertz CT molecular complexity index is 1550. The first-order valence-corrected chi connectivity index (χ1v) is 10.6. The third-order valence-corrected chi connectivity index (χ3v) is 6.34. The summed E-state index contributed by atoms with van der Waals surface area (Å²) < 4.78 is 0. The number of anilines is 2. The summed E-state index contributed by atoms with van der Waals surface area (Å²) in [4.78, 5) is 34.1. The van der Waals surface area contributed by atoms with Gasteiger partial charge in [-0.3, -0.25) is 4.79 Å². The van der Waals surface area contributed by atoms with Gasteiger partial charge < -0.3 is 20.4 Å². The molecule has 3 aromatic heterocycles. The molecule has 0 spiro atoms. The van der Waals surface area contributed by atoms with Crippen LogP contribution in [-0.4, -0.2) is 26.0 Å². The van der Waals surface area contributed by atoms with Crippen molar-refractivity contribution < 1.29 is 9.90 Å². The van der Waals surface area contributed by atoms with Crippen molar-refractivity contribution in [2.45, 2.75) is 0 Å². The number of carboxylic acids is 1. The van der Waals surface area contributed by atoms with E-state index < -0.39 is 5.97 Å². The summed E-state index contributed by atoms with van der Waals surface area (Å²) >= 11 is 13.4. The molecule has 0 radical (unpaired) electrons. The maximum atomic E-state index is 12.3. The van der Waals surface area contributed by atoms with Gasteiger partial charge in [-0.1, -0.05) is 29.3 Å². The minimum Gasteiger partial charge on any atom is -0.478 e. The summed E-state index contributed by atoms with van der Waals surface area (Å²) in [5.74, 6) is -1.11. The highest BCUT2D eigenvalue weighted by atomic mass is 35.5. The SMILES string of the molecule is O=C(O)c1c[nH]c2c(=O)[nH]c3ccc(-c4csc(Nc5ccc(Cl)c(Cl)c5)n4)cc3c12. The number of H-pyrrole nitrogens is 2. The minimum atomic E-state index is -1.11. The van der Waals surface area contributed by atoms with Gasteiger partial charge in [0.05, 0.1) is 21.3 Å². The van der Waals surface area contributed by atoms with E-state index in [1.165, 1.54) is 17.5 Å². The van der Waals surface area contributed by atoms with Gasteiger partial charge >= 0.3 is 5.97 Å². The van der Waals surface area contributed by atoms with Gasteiger partial charge in [0.1, 0.15) is 5.52 Å². The second-order valence-corrected chi connectivity index (χ2v) is 8.44. The Labute approximate surface area is 188 Å². The molecule has 7 nitrogen and oxygen atoms in total. The summed E-state index contributed by atoms with van der Waals surface area (Å²) in [5, 5.41) is 17.2. The van der Waals surface area contributed by atoms with Gasteiger partial charge in [-0.05, 0) is 30.3 Å². The molecule has 0 saturated carbocycles. The molecule has 0 bridgehead atoms. The maximum absolute atomic E-state index is 12.3. The lowest BCUT2D eigenvalue weighted by molar-refractivity contribution is 0.0699. The Morgan fingerprint density at radius 2 is 1.97 bits per heavy atom. The second kappa shape index (κ2) is 7.42. The Hall–Kier alpha value is -3.33. The number of nitrogens with one attached hydrogen (secondary N) is 3. The molecule has 5 aromatic rings. The molecule has 154 valence electrons. The van der Waals surface area contributed by atoms with Crippen molar-refractivity contribution in [3.8, 4) is 11.3 Å². The zero-order valence-corrected chi connectivity index (χ0v) is 17.8. The smallest absolute Gasteiger partial charge is 0.337 e. The van der Waals surface area contributed by atoms with Crippen molar-refractivity contribution in [1.29, 1.82) is 0 Å². The number of nitrogens with zero attached hydrogens (tertiary/aromatic N) is 1. The van der Waals surface area contributed by atoms with Crippen molar-refractivity contribution >= 4 is 73.1 Å². The fourth-order valence-corrected chi connectivity index (χ4v) is 4.45. The van der Waals surface area contributed by atoms with Gasteiger partial charge in [0, 0.05) is 39.1 Å². The Kier molecular flexibility index (Phi) is 4.70. The van der Waals surface area contributed by atoms with Crippen LogP contribution in [-0.2, 0) is 0 Å². The quantitative estimate of drug-likeness (QED) is 0.262. The number of pyridine rings is 1. The molecule has 5 rings (SSSR count). The van der Waals surface area contributed by atoms with Crippen LogP contribution in [0, 0.1) is 0 Å². The van der Waals surface area contributed by atoms with E-state index >= 15 is 0 Å². The van der Waals surface area contributed by atoms with E-state index in [4.69, 9.17) is 23.2 Å². The molecule has 0 amide bonds. The number of aromatic carboxylic acids is 1. The predicted molar refractivity (Wildman–Crippen MR) is 124 cm³/mol. The van der Waals surface area contributed by atoms with Gasteiger partial charge in [0.25, 0.3) is 5.56 Å². The third kappa shape index (κ3) is 3.44. The number of benzene rings is 2. The molecule has 0 saturated heterocycles. The molecule has 0 unspecified atom stereocenters. The van der Waals surface area contributed by atoms with Gasteiger partial charge in [-0.25, -0.2) is 9.78 Å². The highest BCUT2D eigenvalue weighted by molar-refractivity contribution is 7.14. The highest BCUT2D eigenvalue weighted by Gasteiger charge is 2.17. The van der Waals surface area contributed by atoms with Gasteiger partial charge in [0.2, 0.25) is 0 Å². The highest BCUT2D eigenvalue weighted by Crippen LogP contribution is 2.33. The monoisotopic (exact) mass is 470 g/mol. The predicted octanol–water partition coefficient (Wildman–Crippen LogP) is 5.88. The van der Waals surface area contributed by atoms with E-state index in [1.807, 2.05) is 17.5 Å². The molecule has 2 aromatic carbocycles. The average molecular weight is 471 g/mol. The molecule has 31 heavy (non-hydrogen) atoms. The van der Waals surface area contributed by atoms with Crippen LogP contribution in [0.15, 0.2) is 52.8 Å². The largest absolute Gasteiger partial charge is 0.478 e. The third-order valence-electron chi connectivity index (χ3n) is 4.85. The number of carboxylic acid groups (broad SMARTS) is 1. The first-order chi connectivity index (χ1) is 14.9. The van der Waals surface area contributed by atoms with Crippen LogP contribution in [0.2, 0.25) is 10.0 Å². The number of halogens is 2. The van der Waals surface area contributed by atoms with Crippen molar-refractivity contribution in [3.63, 3.8) is 0 Å². The van der Waals surface area contributed by atoms with Gasteiger partial charge in [0.15, 0.2) is 5.13 Å². The first-order valence-electron chi connectivity index (χ1n) is 8.99. The minimum absolute atomic E-state index is 0.0449. The lowest BCUT2D eigenvalue weighted by Crippen LogP contribution is -2.07.